The third-order valence-corrected chi connectivity index (χ3v) is 2.36. The van der Waals surface area contributed by atoms with Crippen LogP contribution in [0, 0.1) is 12.7 Å². The van der Waals surface area contributed by atoms with Gasteiger partial charge in [-0.3, -0.25) is 0 Å². The molecule has 100 valence electrons. The molecule has 4 nitrogen and oxygen atoms in total. The minimum atomic E-state index is -0.727. The van der Waals surface area contributed by atoms with E-state index < -0.39 is 17.9 Å². The summed E-state index contributed by atoms with van der Waals surface area (Å²) in [6, 6.07) is 2.74. The summed E-state index contributed by atoms with van der Waals surface area (Å²) in [7, 11) is 0. The third-order valence-electron chi connectivity index (χ3n) is 2.36. The first-order valence-electron chi connectivity index (χ1n) is 5.80. The lowest BCUT2D eigenvalue weighted by molar-refractivity contribution is 0.00400. The van der Waals surface area contributed by atoms with Crippen molar-refractivity contribution in [1.82, 2.24) is 0 Å². The SMILES string of the molecule is CCOCC(C)OC(=O)c1cc(N)cc(C)c1F. The van der Waals surface area contributed by atoms with E-state index in [2.05, 4.69) is 0 Å². The van der Waals surface area contributed by atoms with Gasteiger partial charge in [-0.15, -0.1) is 0 Å². The van der Waals surface area contributed by atoms with Crippen LogP contribution in [0.25, 0.3) is 0 Å². The quantitative estimate of drug-likeness (QED) is 0.647. The first-order chi connectivity index (χ1) is 8.45. The normalized spacial score (nSPS) is 12.2. The number of esters is 1. The van der Waals surface area contributed by atoms with Crippen LogP contribution in [-0.2, 0) is 9.47 Å². The van der Waals surface area contributed by atoms with Gasteiger partial charge in [0, 0.05) is 12.3 Å². The monoisotopic (exact) mass is 255 g/mol. The van der Waals surface area contributed by atoms with Gasteiger partial charge in [0.05, 0.1) is 12.2 Å². The Bertz CT molecular complexity index is 434. The van der Waals surface area contributed by atoms with Gasteiger partial charge >= 0.3 is 5.97 Å². The molecule has 0 heterocycles. The predicted molar refractivity (Wildman–Crippen MR) is 66.9 cm³/mol. The zero-order valence-corrected chi connectivity index (χ0v) is 10.8. The summed E-state index contributed by atoms with van der Waals surface area (Å²) in [5.74, 6) is -1.33. The number of rotatable bonds is 5. The number of nitrogen functional groups attached to an aromatic ring is 1. The van der Waals surface area contributed by atoms with Gasteiger partial charge in [-0.1, -0.05) is 0 Å². The summed E-state index contributed by atoms with van der Waals surface area (Å²) in [5, 5.41) is 0. The van der Waals surface area contributed by atoms with E-state index in [9.17, 15) is 9.18 Å². The standard InChI is InChI=1S/C13H18FNO3/c1-4-17-7-9(3)18-13(16)11-6-10(15)5-8(2)12(11)14/h5-6,9H,4,7,15H2,1-3H3. The number of ether oxygens (including phenoxy) is 2. The molecule has 0 radical (unpaired) electrons. The zero-order valence-electron chi connectivity index (χ0n) is 10.8. The number of aryl methyl sites for hydroxylation is 1. The van der Waals surface area contributed by atoms with E-state index >= 15 is 0 Å². The van der Waals surface area contributed by atoms with Crippen molar-refractivity contribution < 1.29 is 18.7 Å². The molecule has 0 aliphatic carbocycles. The van der Waals surface area contributed by atoms with Crippen LogP contribution in [-0.4, -0.2) is 25.3 Å². The molecule has 0 aliphatic rings. The number of nitrogens with two attached hydrogens (primary N) is 1. The molecular formula is C13H18FNO3. The van der Waals surface area contributed by atoms with Crippen LogP contribution in [0.4, 0.5) is 10.1 Å². The summed E-state index contributed by atoms with van der Waals surface area (Å²) in [5.41, 5.74) is 6.09. The Morgan fingerprint density at radius 1 is 1.50 bits per heavy atom. The van der Waals surface area contributed by atoms with E-state index in [4.69, 9.17) is 15.2 Å². The topological polar surface area (TPSA) is 61.5 Å². The van der Waals surface area contributed by atoms with Crippen molar-refractivity contribution in [3.05, 3.63) is 29.1 Å². The van der Waals surface area contributed by atoms with Gasteiger partial charge in [0.15, 0.2) is 0 Å². The maximum Gasteiger partial charge on any atom is 0.341 e. The van der Waals surface area contributed by atoms with Gasteiger partial charge in [0.25, 0.3) is 0 Å². The maximum atomic E-state index is 13.7. The fourth-order valence-corrected chi connectivity index (χ4v) is 1.51. The number of carbonyl (C=O) groups is 1. The molecule has 5 heteroatoms. The lowest BCUT2D eigenvalue weighted by atomic mass is 10.1. The molecule has 1 aromatic rings. The van der Waals surface area contributed by atoms with E-state index in [1.54, 1.807) is 13.8 Å². The Hall–Kier alpha value is -1.62. The average molecular weight is 255 g/mol. The second-order valence-electron chi connectivity index (χ2n) is 4.07. The second kappa shape index (κ2) is 6.35. The van der Waals surface area contributed by atoms with Crippen LogP contribution in [0.5, 0.6) is 0 Å². The lowest BCUT2D eigenvalue weighted by Crippen LogP contribution is -2.21. The van der Waals surface area contributed by atoms with Crippen LogP contribution in [0.1, 0.15) is 29.8 Å². The summed E-state index contributed by atoms with van der Waals surface area (Å²) >= 11 is 0. The highest BCUT2D eigenvalue weighted by Crippen LogP contribution is 2.18. The lowest BCUT2D eigenvalue weighted by Gasteiger charge is -2.14. The molecule has 0 aromatic heterocycles. The molecule has 0 saturated heterocycles. The van der Waals surface area contributed by atoms with Gasteiger partial charge < -0.3 is 15.2 Å². The van der Waals surface area contributed by atoms with Crippen LogP contribution in [0.3, 0.4) is 0 Å². The molecule has 0 spiro atoms. The molecule has 0 fully saturated rings. The fourth-order valence-electron chi connectivity index (χ4n) is 1.51. The molecule has 1 aromatic carbocycles. The summed E-state index contributed by atoms with van der Waals surface area (Å²) in [6.07, 6.45) is -0.432. The summed E-state index contributed by atoms with van der Waals surface area (Å²) in [6.45, 7) is 5.89. The van der Waals surface area contributed by atoms with Gasteiger partial charge in [0.1, 0.15) is 11.9 Å². The predicted octanol–water partition coefficient (Wildman–Crippen LogP) is 2.30. The molecule has 0 saturated carbocycles. The molecule has 0 bridgehead atoms. The summed E-state index contributed by atoms with van der Waals surface area (Å²) < 4.78 is 23.9. The molecule has 1 rings (SSSR count). The number of anilines is 1. The fraction of sp³-hybridized carbons (Fsp3) is 0.462. The van der Waals surface area contributed by atoms with E-state index in [-0.39, 0.29) is 12.2 Å². The smallest absolute Gasteiger partial charge is 0.341 e. The Labute approximate surface area is 106 Å². The third kappa shape index (κ3) is 3.70. The van der Waals surface area contributed by atoms with Crippen molar-refractivity contribution in [2.45, 2.75) is 26.9 Å². The van der Waals surface area contributed by atoms with Crippen molar-refractivity contribution in [2.24, 2.45) is 0 Å². The van der Waals surface area contributed by atoms with Crippen molar-refractivity contribution in [3.63, 3.8) is 0 Å². The zero-order chi connectivity index (χ0) is 13.7. The number of benzene rings is 1. The molecule has 1 unspecified atom stereocenters. The van der Waals surface area contributed by atoms with Crippen LogP contribution in [0.15, 0.2) is 12.1 Å². The first kappa shape index (κ1) is 14.4. The van der Waals surface area contributed by atoms with Crippen molar-refractivity contribution >= 4 is 11.7 Å². The van der Waals surface area contributed by atoms with E-state index in [0.717, 1.165) is 0 Å². The molecule has 18 heavy (non-hydrogen) atoms. The highest BCUT2D eigenvalue weighted by atomic mass is 19.1. The van der Waals surface area contributed by atoms with Gasteiger partial charge in [0.2, 0.25) is 0 Å². The number of halogens is 1. The molecule has 1 atom stereocenters. The molecular weight excluding hydrogens is 237 g/mol. The Morgan fingerprint density at radius 3 is 2.78 bits per heavy atom. The minimum Gasteiger partial charge on any atom is -0.457 e. The van der Waals surface area contributed by atoms with Gasteiger partial charge in [-0.05, 0) is 38.5 Å². The van der Waals surface area contributed by atoms with Crippen molar-refractivity contribution in [1.29, 1.82) is 0 Å². The minimum absolute atomic E-state index is 0.143. The molecule has 0 aliphatic heterocycles. The van der Waals surface area contributed by atoms with E-state index in [1.165, 1.54) is 12.1 Å². The largest absolute Gasteiger partial charge is 0.457 e. The van der Waals surface area contributed by atoms with Crippen LogP contribution >= 0.6 is 0 Å². The highest BCUT2D eigenvalue weighted by molar-refractivity contribution is 5.91. The second-order valence-corrected chi connectivity index (χ2v) is 4.07. The van der Waals surface area contributed by atoms with Crippen molar-refractivity contribution in [3.8, 4) is 0 Å². The Kier molecular flexibility index (Phi) is 5.09. The average Bonchev–Trinajstić information content (AvgIpc) is 2.30. The number of hydrogen-bond acceptors (Lipinski definition) is 4. The highest BCUT2D eigenvalue weighted by Gasteiger charge is 2.18. The molecule has 0 amide bonds. The van der Waals surface area contributed by atoms with Crippen LogP contribution < -0.4 is 5.73 Å². The van der Waals surface area contributed by atoms with Crippen molar-refractivity contribution in [2.75, 3.05) is 18.9 Å². The maximum absolute atomic E-state index is 13.7. The van der Waals surface area contributed by atoms with E-state index in [0.29, 0.717) is 17.9 Å². The number of carbonyl (C=O) groups excluding carboxylic acids is 1. The molecule has 2 N–H and O–H groups in total. The first-order valence-corrected chi connectivity index (χ1v) is 5.80. The van der Waals surface area contributed by atoms with Gasteiger partial charge in [-0.2, -0.15) is 0 Å². The Balaban J connectivity index is 2.78. The number of hydrogen-bond donors (Lipinski definition) is 1. The Morgan fingerprint density at radius 2 is 2.17 bits per heavy atom. The van der Waals surface area contributed by atoms with Crippen LogP contribution in [0.2, 0.25) is 0 Å². The summed E-state index contributed by atoms with van der Waals surface area (Å²) in [4.78, 5) is 11.8. The van der Waals surface area contributed by atoms with E-state index in [1.807, 2.05) is 6.92 Å². The van der Waals surface area contributed by atoms with Gasteiger partial charge in [-0.25, -0.2) is 9.18 Å².